The van der Waals surface area contributed by atoms with Gasteiger partial charge in [0.1, 0.15) is 0 Å². The Bertz CT molecular complexity index is 238. The zero-order chi connectivity index (χ0) is 12.3. The minimum absolute atomic E-state index is 0.150. The molecule has 3 nitrogen and oxygen atoms in total. The molecule has 1 heterocycles. The summed E-state index contributed by atoms with van der Waals surface area (Å²) in [6.45, 7) is 2.89. The Balaban J connectivity index is 1.76. The maximum Gasteiger partial charge on any atom is 0.0686 e. The topological polar surface area (TPSA) is 38.7 Å². The lowest BCUT2D eigenvalue weighted by Gasteiger charge is -2.48. The number of ether oxygens (including phenoxy) is 2. The molecule has 100 valence electrons. The van der Waals surface area contributed by atoms with E-state index in [9.17, 15) is 5.11 Å². The first-order valence-electron chi connectivity index (χ1n) is 7.00. The third-order valence-electron chi connectivity index (χ3n) is 4.61. The molecular weight excluding hydrogens is 216 g/mol. The second-order valence-electron chi connectivity index (χ2n) is 5.83. The maximum absolute atomic E-state index is 10.3. The van der Waals surface area contributed by atoms with Crippen LogP contribution in [0, 0.1) is 5.92 Å². The minimum atomic E-state index is -0.172. The van der Waals surface area contributed by atoms with Crippen molar-refractivity contribution in [2.45, 2.75) is 69.7 Å². The summed E-state index contributed by atoms with van der Waals surface area (Å²) in [6.07, 6.45) is 7.66. The Morgan fingerprint density at radius 3 is 2.76 bits per heavy atom. The van der Waals surface area contributed by atoms with E-state index in [1.807, 2.05) is 0 Å². The summed E-state index contributed by atoms with van der Waals surface area (Å²) in [5.41, 5.74) is 0.150. The van der Waals surface area contributed by atoms with Crippen LogP contribution in [0.1, 0.15) is 51.9 Å². The molecule has 1 N–H and O–H groups in total. The quantitative estimate of drug-likeness (QED) is 0.805. The van der Waals surface area contributed by atoms with Gasteiger partial charge in [-0.25, -0.2) is 0 Å². The fourth-order valence-electron chi connectivity index (χ4n) is 3.07. The van der Waals surface area contributed by atoms with E-state index in [1.54, 1.807) is 7.11 Å². The molecule has 1 aliphatic carbocycles. The maximum atomic E-state index is 10.3. The molecule has 1 saturated carbocycles. The molecule has 0 amide bonds. The van der Waals surface area contributed by atoms with Gasteiger partial charge in [0, 0.05) is 13.7 Å². The zero-order valence-corrected chi connectivity index (χ0v) is 11.2. The van der Waals surface area contributed by atoms with Crippen molar-refractivity contribution >= 4 is 0 Å². The van der Waals surface area contributed by atoms with Crippen LogP contribution in [0.3, 0.4) is 0 Å². The molecule has 0 radical (unpaired) electrons. The van der Waals surface area contributed by atoms with Gasteiger partial charge in [0.15, 0.2) is 0 Å². The van der Waals surface area contributed by atoms with E-state index >= 15 is 0 Å². The molecule has 3 atom stereocenters. The van der Waals surface area contributed by atoms with E-state index in [-0.39, 0.29) is 17.8 Å². The lowest BCUT2D eigenvalue weighted by molar-refractivity contribution is -0.157. The number of hydrogen-bond acceptors (Lipinski definition) is 3. The summed E-state index contributed by atoms with van der Waals surface area (Å²) in [7, 11) is 1.73. The van der Waals surface area contributed by atoms with Gasteiger partial charge in [0.25, 0.3) is 0 Å². The molecule has 1 aliphatic heterocycles. The first-order valence-corrected chi connectivity index (χ1v) is 7.00. The standard InChI is InChI=1S/C14H26O3/c1-11(16-2)4-5-13(15)12-6-9-17-14(10-12)7-3-8-14/h11-13,15H,3-10H2,1-2H3. The van der Waals surface area contributed by atoms with Crippen LogP contribution in [0.2, 0.25) is 0 Å². The normalized spacial score (nSPS) is 30.9. The number of methoxy groups -OCH3 is 1. The molecule has 2 rings (SSSR count). The van der Waals surface area contributed by atoms with Gasteiger partial charge >= 0.3 is 0 Å². The molecule has 1 saturated heterocycles. The lowest BCUT2D eigenvalue weighted by atomic mass is 9.70. The van der Waals surface area contributed by atoms with Gasteiger partial charge in [-0.3, -0.25) is 0 Å². The molecule has 3 heteroatoms. The SMILES string of the molecule is COC(C)CCC(O)C1CCOC2(CCC2)C1. The highest BCUT2D eigenvalue weighted by Crippen LogP contribution is 2.45. The van der Waals surface area contributed by atoms with Crippen LogP contribution in [0.25, 0.3) is 0 Å². The first-order chi connectivity index (χ1) is 8.15. The molecule has 0 aromatic heterocycles. The Kier molecular flexibility index (Phi) is 4.45. The molecule has 2 fully saturated rings. The van der Waals surface area contributed by atoms with Crippen molar-refractivity contribution in [3.8, 4) is 0 Å². The Morgan fingerprint density at radius 1 is 1.41 bits per heavy atom. The third kappa shape index (κ3) is 3.21. The van der Waals surface area contributed by atoms with Crippen LogP contribution in [0.4, 0.5) is 0 Å². The van der Waals surface area contributed by atoms with Crippen LogP contribution < -0.4 is 0 Å². The Morgan fingerprint density at radius 2 is 2.18 bits per heavy atom. The number of aliphatic hydroxyl groups is 1. The summed E-state index contributed by atoms with van der Waals surface area (Å²) >= 11 is 0. The van der Waals surface area contributed by atoms with E-state index in [0.717, 1.165) is 32.3 Å². The van der Waals surface area contributed by atoms with Crippen LogP contribution in [0.5, 0.6) is 0 Å². The van der Waals surface area contributed by atoms with Crippen molar-refractivity contribution < 1.29 is 14.6 Å². The van der Waals surface area contributed by atoms with Crippen molar-refractivity contribution in [1.82, 2.24) is 0 Å². The highest BCUT2D eigenvalue weighted by Gasteiger charge is 2.43. The first kappa shape index (κ1) is 13.3. The van der Waals surface area contributed by atoms with Crippen molar-refractivity contribution in [2.75, 3.05) is 13.7 Å². The molecule has 3 unspecified atom stereocenters. The van der Waals surface area contributed by atoms with Gasteiger partial charge in [0.2, 0.25) is 0 Å². The predicted octanol–water partition coefficient (Wildman–Crippen LogP) is 2.51. The summed E-state index contributed by atoms with van der Waals surface area (Å²) in [5, 5.41) is 10.3. The van der Waals surface area contributed by atoms with Crippen molar-refractivity contribution in [3.63, 3.8) is 0 Å². The Labute approximate surface area is 104 Å². The molecule has 2 aliphatic rings. The molecule has 0 aromatic carbocycles. The van der Waals surface area contributed by atoms with Gasteiger partial charge < -0.3 is 14.6 Å². The second kappa shape index (κ2) is 5.68. The molecule has 0 bridgehead atoms. The van der Waals surface area contributed by atoms with Crippen molar-refractivity contribution in [2.24, 2.45) is 5.92 Å². The van der Waals surface area contributed by atoms with Gasteiger partial charge in [0.05, 0.1) is 17.8 Å². The van der Waals surface area contributed by atoms with Crippen LogP contribution in [-0.2, 0) is 9.47 Å². The van der Waals surface area contributed by atoms with E-state index < -0.39 is 0 Å². The van der Waals surface area contributed by atoms with E-state index in [0.29, 0.717) is 5.92 Å². The van der Waals surface area contributed by atoms with E-state index in [1.165, 1.54) is 19.3 Å². The average molecular weight is 242 g/mol. The van der Waals surface area contributed by atoms with Gasteiger partial charge in [-0.15, -0.1) is 0 Å². The number of aliphatic hydroxyl groups excluding tert-OH is 1. The van der Waals surface area contributed by atoms with Gasteiger partial charge in [-0.05, 0) is 57.8 Å². The largest absolute Gasteiger partial charge is 0.393 e. The average Bonchev–Trinajstić information content (AvgIpc) is 2.33. The summed E-state index contributed by atoms with van der Waals surface area (Å²) < 4.78 is 11.1. The highest BCUT2D eigenvalue weighted by atomic mass is 16.5. The van der Waals surface area contributed by atoms with Crippen LogP contribution in [-0.4, -0.2) is 36.6 Å². The Hall–Kier alpha value is -0.120. The third-order valence-corrected chi connectivity index (χ3v) is 4.61. The number of rotatable bonds is 5. The smallest absolute Gasteiger partial charge is 0.0686 e. The van der Waals surface area contributed by atoms with Crippen molar-refractivity contribution in [1.29, 1.82) is 0 Å². The van der Waals surface area contributed by atoms with Gasteiger partial charge in [-0.1, -0.05) is 0 Å². The predicted molar refractivity (Wildman–Crippen MR) is 67.0 cm³/mol. The summed E-state index contributed by atoms with van der Waals surface area (Å²) in [6, 6.07) is 0. The molecule has 1 spiro atoms. The van der Waals surface area contributed by atoms with Crippen LogP contribution >= 0.6 is 0 Å². The van der Waals surface area contributed by atoms with Crippen LogP contribution in [0.15, 0.2) is 0 Å². The second-order valence-corrected chi connectivity index (χ2v) is 5.83. The van der Waals surface area contributed by atoms with E-state index in [2.05, 4.69) is 6.92 Å². The molecular formula is C14H26O3. The zero-order valence-electron chi connectivity index (χ0n) is 11.2. The fourth-order valence-corrected chi connectivity index (χ4v) is 3.07. The monoisotopic (exact) mass is 242 g/mol. The summed E-state index contributed by atoms with van der Waals surface area (Å²) in [4.78, 5) is 0. The van der Waals surface area contributed by atoms with Crippen molar-refractivity contribution in [3.05, 3.63) is 0 Å². The molecule has 17 heavy (non-hydrogen) atoms. The van der Waals surface area contributed by atoms with E-state index in [4.69, 9.17) is 9.47 Å². The fraction of sp³-hybridized carbons (Fsp3) is 1.00. The summed E-state index contributed by atoms with van der Waals surface area (Å²) in [5.74, 6) is 0.438. The van der Waals surface area contributed by atoms with Gasteiger partial charge in [-0.2, -0.15) is 0 Å². The lowest BCUT2D eigenvalue weighted by Crippen LogP contribution is -2.47. The molecule has 0 aromatic rings. The number of hydrogen-bond donors (Lipinski definition) is 1. The minimum Gasteiger partial charge on any atom is -0.393 e. The highest BCUT2D eigenvalue weighted by molar-refractivity contribution is 4.95.